The molecule has 2 rings (SSSR count). The van der Waals surface area contributed by atoms with Gasteiger partial charge in [-0.05, 0) is 57.8 Å². The number of hydrogen-bond donors (Lipinski definition) is 1. The molecule has 120 valence electrons. The molecular weight excluding hydrogens is 282 g/mol. The highest BCUT2D eigenvalue weighted by Crippen LogP contribution is 2.42. The maximum absolute atomic E-state index is 11.4. The van der Waals surface area contributed by atoms with Crippen LogP contribution in [-0.2, 0) is 5.60 Å². The third kappa shape index (κ3) is 4.98. The van der Waals surface area contributed by atoms with E-state index in [9.17, 15) is 5.11 Å². The first kappa shape index (κ1) is 18.5. The summed E-state index contributed by atoms with van der Waals surface area (Å²) in [5.74, 6) is 0.431. The zero-order valence-corrected chi connectivity index (χ0v) is 14.2. The van der Waals surface area contributed by atoms with Gasteiger partial charge >= 0.3 is 0 Å². The largest absolute Gasteiger partial charge is 0.385 e. The van der Waals surface area contributed by atoms with E-state index in [1.165, 1.54) is 32.1 Å². The molecule has 0 bridgehead atoms. The molecule has 1 aliphatic rings. The van der Waals surface area contributed by atoms with Gasteiger partial charge in [0.2, 0.25) is 0 Å². The van der Waals surface area contributed by atoms with Crippen LogP contribution in [0.3, 0.4) is 0 Å². The minimum Gasteiger partial charge on any atom is -0.385 e. The number of halogens is 1. The molecule has 1 unspecified atom stereocenters. The quantitative estimate of drug-likeness (QED) is 0.850. The van der Waals surface area contributed by atoms with Crippen LogP contribution < -0.4 is 0 Å². The minimum absolute atomic E-state index is 0. The smallest absolute Gasteiger partial charge is 0.0925 e. The predicted molar refractivity (Wildman–Crippen MR) is 91.9 cm³/mol. The number of aliphatic hydroxyl groups is 1. The van der Waals surface area contributed by atoms with Crippen molar-refractivity contribution in [3.63, 3.8) is 0 Å². The van der Waals surface area contributed by atoms with Crippen LogP contribution in [0.15, 0.2) is 30.3 Å². The second-order valence-electron chi connectivity index (χ2n) is 6.53. The summed E-state index contributed by atoms with van der Waals surface area (Å²) in [5, 5.41) is 11.4. The molecule has 1 N–H and O–H groups in total. The molecule has 1 atom stereocenters. The van der Waals surface area contributed by atoms with Gasteiger partial charge in [0, 0.05) is 0 Å². The highest BCUT2D eigenvalue weighted by atomic mass is 35.5. The van der Waals surface area contributed by atoms with Gasteiger partial charge in [-0.25, -0.2) is 0 Å². The van der Waals surface area contributed by atoms with Crippen LogP contribution in [0.4, 0.5) is 0 Å². The molecule has 0 saturated heterocycles. The fourth-order valence-electron chi connectivity index (χ4n) is 3.56. The van der Waals surface area contributed by atoms with Crippen LogP contribution in [0, 0.1) is 5.92 Å². The SMILES string of the molecule is CN(C)CCCC(O)(c1ccccc1)C1CCCCC1.Cl. The molecule has 0 spiro atoms. The maximum atomic E-state index is 11.4. The summed E-state index contributed by atoms with van der Waals surface area (Å²) in [6, 6.07) is 10.3. The van der Waals surface area contributed by atoms with Crippen LogP contribution >= 0.6 is 12.4 Å². The van der Waals surface area contributed by atoms with Gasteiger partial charge < -0.3 is 10.0 Å². The molecule has 2 nitrogen and oxygen atoms in total. The molecule has 1 saturated carbocycles. The molecule has 1 aromatic carbocycles. The van der Waals surface area contributed by atoms with E-state index in [0.29, 0.717) is 5.92 Å². The van der Waals surface area contributed by atoms with Gasteiger partial charge in [0.05, 0.1) is 5.60 Å². The van der Waals surface area contributed by atoms with E-state index in [1.807, 2.05) is 6.07 Å². The summed E-state index contributed by atoms with van der Waals surface area (Å²) < 4.78 is 0. The summed E-state index contributed by atoms with van der Waals surface area (Å²) >= 11 is 0. The minimum atomic E-state index is -0.627. The lowest BCUT2D eigenvalue weighted by Gasteiger charge is -2.39. The van der Waals surface area contributed by atoms with Crippen molar-refractivity contribution >= 4 is 12.4 Å². The number of rotatable bonds is 6. The van der Waals surface area contributed by atoms with Crippen molar-refractivity contribution in [2.75, 3.05) is 20.6 Å². The first-order chi connectivity index (χ1) is 9.63. The maximum Gasteiger partial charge on any atom is 0.0925 e. The lowest BCUT2D eigenvalue weighted by molar-refractivity contribution is -0.0484. The van der Waals surface area contributed by atoms with Crippen LogP contribution in [0.25, 0.3) is 0 Å². The van der Waals surface area contributed by atoms with Crippen molar-refractivity contribution in [3.05, 3.63) is 35.9 Å². The van der Waals surface area contributed by atoms with Crippen LogP contribution in [0.2, 0.25) is 0 Å². The van der Waals surface area contributed by atoms with E-state index < -0.39 is 5.60 Å². The molecular formula is C18H30ClNO. The molecule has 0 amide bonds. The first-order valence-corrected chi connectivity index (χ1v) is 8.05. The van der Waals surface area contributed by atoms with Crippen molar-refractivity contribution in [1.29, 1.82) is 0 Å². The Morgan fingerprint density at radius 3 is 2.29 bits per heavy atom. The highest BCUT2D eigenvalue weighted by Gasteiger charge is 2.38. The lowest BCUT2D eigenvalue weighted by atomic mass is 9.71. The van der Waals surface area contributed by atoms with Gasteiger partial charge in [-0.3, -0.25) is 0 Å². The molecule has 0 radical (unpaired) electrons. The Bertz CT molecular complexity index is 389. The summed E-state index contributed by atoms with van der Waals surface area (Å²) in [6.07, 6.45) is 8.15. The summed E-state index contributed by atoms with van der Waals surface area (Å²) in [7, 11) is 4.20. The summed E-state index contributed by atoms with van der Waals surface area (Å²) in [4.78, 5) is 2.20. The molecule has 3 heteroatoms. The standard InChI is InChI=1S/C18H29NO.ClH/c1-19(2)15-9-14-18(20,16-10-5-3-6-11-16)17-12-7-4-8-13-17;/h3,5-6,10-11,17,20H,4,7-9,12-15H2,1-2H3;1H. The van der Waals surface area contributed by atoms with Gasteiger partial charge in [-0.1, -0.05) is 49.6 Å². The zero-order chi connectivity index (χ0) is 14.4. The average Bonchev–Trinajstić information content (AvgIpc) is 2.48. The van der Waals surface area contributed by atoms with Crippen molar-refractivity contribution < 1.29 is 5.11 Å². The molecule has 0 aliphatic heterocycles. The molecule has 1 fully saturated rings. The third-order valence-electron chi connectivity index (χ3n) is 4.72. The van der Waals surface area contributed by atoms with E-state index in [0.717, 1.165) is 24.9 Å². The molecule has 0 aromatic heterocycles. The van der Waals surface area contributed by atoms with Gasteiger partial charge in [-0.2, -0.15) is 0 Å². The van der Waals surface area contributed by atoms with E-state index in [1.54, 1.807) is 0 Å². The summed E-state index contributed by atoms with van der Waals surface area (Å²) in [6.45, 7) is 1.04. The van der Waals surface area contributed by atoms with E-state index in [2.05, 4.69) is 43.3 Å². The number of benzene rings is 1. The van der Waals surface area contributed by atoms with Crippen LogP contribution in [0.1, 0.15) is 50.5 Å². The fourth-order valence-corrected chi connectivity index (χ4v) is 3.56. The molecule has 1 aliphatic carbocycles. The second kappa shape index (κ2) is 8.77. The monoisotopic (exact) mass is 311 g/mol. The van der Waals surface area contributed by atoms with Crippen LogP contribution in [0.5, 0.6) is 0 Å². The Morgan fingerprint density at radius 1 is 1.10 bits per heavy atom. The molecule has 0 heterocycles. The highest BCUT2D eigenvalue weighted by molar-refractivity contribution is 5.85. The third-order valence-corrected chi connectivity index (χ3v) is 4.72. The van der Waals surface area contributed by atoms with Crippen molar-refractivity contribution in [2.24, 2.45) is 5.92 Å². The number of nitrogens with zero attached hydrogens (tertiary/aromatic N) is 1. The van der Waals surface area contributed by atoms with E-state index in [4.69, 9.17) is 0 Å². The molecule has 1 aromatic rings. The van der Waals surface area contributed by atoms with Crippen molar-refractivity contribution in [2.45, 2.75) is 50.5 Å². The lowest BCUT2D eigenvalue weighted by Crippen LogP contribution is -2.37. The Balaban J connectivity index is 0.00000220. The first-order valence-electron chi connectivity index (χ1n) is 8.05. The van der Waals surface area contributed by atoms with Gasteiger partial charge in [0.25, 0.3) is 0 Å². The predicted octanol–water partition coefficient (Wildman–Crippen LogP) is 4.22. The Kier molecular flexibility index (Phi) is 7.72. The van der Waals surface area contributed by atoms with E-state index >= 15 is 0 Å². The Morgan fingerprint density at radius 2 is 1.71 bits per heavy atom. The zero-order valence-electron chi connectivity index (χ0n) is 13.4. The second-order valence-corrected chi connectivity index (χ2v) is 6.53. The average molecular weight is 312 g/mol. The van der Waals surface area contributed by atoms with Gasteiger partial charge in [0.15, 0.2) is 0 Å². The van der Waals surface area contributed by atoms with Crippen molar-refractivity contribution in [1.82, 2.24) is 4.90 Å². The summed E-state index contributed by atoms with van der Waals surface area (Å²) in [5.41, 5.74) is 0.489. The Hall–Kier alpha value is -0.570. The van der Waals surface area contributed by atoms with Gasteiger partial charge in [0.1, 0.15) is 0 Å². The Labute approximate surface area is 136 Å². The van der Waals surface area contributed by atoms with Gasteiger partial charge in [-0.15, -0.1) is 12.4 Å². The van der Waals surface area contributed by atoms with Crippen LogP contribution in [-0.4, -0.2) is 30.6 Å². The topological polar surface area (TPSA) is 23.5 Å². The normalized spacial score (nSPS) is 19.0. The molecule has 21 heavy (non-hydrogen) atoms. The number of hydrogen-bond acceptors (Lipinski definition) is 2. The van der Waals surface area contributed by atoms with Crippen molar-refractivity contribution in [3.8, 4) is 0 Å². The fraction of sp³-hybridized carbons (Fsp3) is 0.667. The van der Waals surface area contributed by atoms with E-state index in [-0.39, 0.29) is 12.4 Å².